The van der Waals surface area contributed by atoms with Crippen LogP contribution in [0, 0.1) is 5.82 Å². The van der Waals surface area contributed by atoms with Crippen molar-refractivity contribution in [3.05, 3.63) is 52.5 Å². The van der Waals surface area contributed by atoms with Crippen molar-refractivity contribution in [2.75, 3.05) is 12.3 Å². The molecule has 2 rings (SSSR count). The SMILES string of the molecule is O=C(NCCCSc1ccc(F)cc1)c1ccsc1. The highest BCUT2D eigenvalue weighted by Gasteiger charge is 2.04. The second-order valence-corrected chi connectivity index (χ2v) is 5.87. The van der Waals surface area contributed by atoms with Gasteiger partial charge in [-0.1, -0.05) is 0 Å². The molecule has 0 saturated heterocycles. The van der Waals surface area contributed by atoms with E-state index in [-0.39, 0.29) is 11.7 Å². The Hall–Kier alpha value is -1.33. The quantitative estimate of drug-likeness (QED) is 0.649. The first-order valence-electron chi connectivity index (χ1n) is 5.94. The predicted octanol–water partition coefficient (Wildman–Crippen LogP) is 3.80. The van der Waals surface area contributed by atoms with Gasteiger partial charge in [0.05, 0.1) is 0 Å². The number of hydrogen-bond acceptors (Lipinski definition) is 3. The second-order valence-electron chi connectivity index (χ2n) is 3.92. The first-order valence-corrected chi connectivity index (χ1v) is 7.87. The molecule has 0 aliphatic heterocycles. The summed E-state index contributed by atoms with van der Waals surface area (Å²) < 4.78 is 12.7. The summed E-state index contributed by atoms with van der Waals surface area (Å²) in [6.45, 7) is 0.656. The molecule has 0 fully saturated rings. The van der Waals surface area contributed by atoms with Crippen LogP contribution in [0.4, 0.5) is 4.39 Å². The number of carbonyl (C=O) groups is 1. The smallest absolute Gasteiger partial charge is 0.252 e. The third kappa shape index (κ3) is 4.69. The van der Waals surface area contributed by atoms with Gasteiger partial charge in [0.2, 0.25) is 0 Å². The van der Waals surface area contributed by atoms with Crippen LogP contribution in [0.25, 0.3) is 0 Å². The molecule has 2 nitrogen and oxygen atoms in total. The molecular weight excluding hydrogens is 281 g/mol. The van der Waals surface area contributed by atoms with E-state index in [4.69, 9.17) is 0 Å². The Kier molecular flexibility index (Phi) is 5.42. The van der Waals surface area contributed by atoms with Crippen LogP contribution < -0.4 is 5.32 Å². The number of rotatable bonds is 6. The summed E-state index contributed by atoms with van der Waals surface area (Å²) in [5.41, 5.74) is 0.719. The number of hydrogen-bond donors (Lipinski definition) is 1. The Labute approximate surface area is 120 Å². The molecule has 100 valence electrons. The van der Waals surface area contributed by atoms with Gasteiger partial charge in [-0.15, -0.1) is 11.8 Å². The molecule has 1 amide bonds. The van der Waals surface area contributed by atoms with Gasteiger partial charge in [0, 0.05) is 22.4 Å². The van der Waals surface area contributed by atoms with E-state index in [1.54, 1.807) is 23.9 Å². The van der Waals surface area contributed by atoms with E-state index >= 15 is 0 Å². The molecule has 0 radical (unpaired) electrons. The lowest BCUT2D eigenvalue weighted by Gasteiger charge is -2.04. The van der Waals surface area contributed by atoms with Crippen LogP contribution in [0.3, 0.4) is 0 Å². The van der Waals surface area contributed by atoms with Crippen LogP contribution >= 0.6 is 23.1 Å². The Bertz CT molecular complexity index is 511. The van der Waals surface area contributed by atoms with E-state index in [9.17, 15) is 9.18 Å². The third-order valence-electron chi connectivity index (χ3n) is 2.47. The number of benzene rings is 1. The van der Waals surface area contributed by atoms with Crippen LogP contribution in [0.1, 0.15) is 16.8 Å². The molecule has 0 saturated carbocycles. The number of carbonyl (C=O) groups excluding carboxylic acids is 1. The molecule has 1 aromatic carbocycles. The fourth-order valence-electron chi connectivity index (χ4n) is 1.49. The molecule has 19 heavy (non-hydrogen) atoms. The zero-order chi connectivity index (χ0) is 13.5. The molecule has 1 N–H and O–H groups in total. The normalized spacial score (nSPS) is 10.4. The summed E-state index contributed by atoms with van der Waals surface area (Å²) in [5.74, 6) is 0.663. The van der Waals surface area contributed by atoms with Crippen molar-refractivity contribution >= 4 is 29.0 Å². The molecule has 1 aromatic heterocycles. The minimum atomic E-state index is -0.215. The highest BCUT2D eigenvalue weighted by atomic mass is 32.2. The van der Waals surface area contributed by atoms with Gasteiger partial charge in [0.1, 0.15) is 5.82 Å². The fourth-order valence-corrected chi connectivity index (χ4v) is 2.98. The summed E-state index contributed by atoms with van der Waals surface area (Å²) >= 11 is 3.18. The van der Waals surface area contributed by atoms with Gasteiger partial charge in [-0.05, 0) is 47.9 Å². The second kappa shape index (κ2) is 7.31. The monoisotopic (exact) mass is 295 g/mol. The van der Waals surface area contributed by atoms with E-state index in [1.807, 2.05) is 16.8 Å². The summed E-state index contributed by atoms with van der Waals surface area (Å²) in [5, 5.41) is 6.60. The van der Waals surface area contributed by atoms with Crippen molar-refractivity contribution in [1.29, 1.82) is 0 Å². The minimum Gasteiger partial charge on any atom is -0.352 e. The maximum Gasteiger partial charge on any atom is 0.252 e. The molecule has 1 heterocycles. The molecule has 0 unspecified atom stereocenters. The lowest BCUT2D eigenvalue weighted by molar-refractivity contribution is 0.0954. The highest BCUT2D eigenvalue weighted by Crippen LogP contribution is 2.18. The molecule has 0 atom stereocenters. The van der Waals surface area contributed by atoms with Crippen LogP contribution in [0.15, 0.2) is 46.0 Å². The van der Waals surface area contributed by atoms with E-state index in [1.165, 1.54) is 23.5 Å². The molecule has 0 aliphatic rings. The largest absolute Gasteiger partial charge is 0.352 e. The van der Waals surface area contributed by atoms with Crippen LogP contribution in [0.2, 0.25) is 0 Å². The zero-order valence-corrected chi connectivity index (χ0v) is 11.9. The molecule has 0 aliphatic carbocycles. The number of nitrogens with one attached hydrogen (secondary N) is 1. The van der Waals surface area contributed by atoms with Gasteiger partial charge in [-0.25, -0.2) is 4.39 Å². The Morgan fingerprint density at radius 2 is 2.05 bits per heavy atom. The molecule has 2 aromatic rings. The first kappa shape index (κ1) is 14.1. The molecule has 0 spiro atoms. The summed E-state index contributed by atoms with van der Waals surface area (Å²) in [4.78, 5) is 12.7. The Balaban J connectivity index is 1.62. The van der Waals surface area contributed by atoms with E-state index in [0.717, 1.165) is 22.6 Å². The highest BCUT2D eigenvalue weighted by molar-refractivity contribution is 7.99. The summed E-state index contributed by atoms with van der Waals surface area (Å²) in [7, 11) is 0. The van der Waals surface area contributed by atoms with Gasteiger partial charge < -0.3 is 5.32 Å². The van der Waals surface area contributed by atoms with E-state index < -0.39 is 0 Å². The van der Waals surface area contributed by atoms with Gasteiger partial charge in [0.25, 0.3) is 5.91 Å². The maximum atomic E-state index is 12.7. The van der Waals surface area contributed by atoms with E-state index in [0.29, 0.717) is 6.54 Å². The fraction of sp³-hybridized carbons (Fsp3) is 0.214. The van der Waals surface area contributed by atoms with Gasteiger partial charge in [-0.2, -0.15) is 11.3 Å². The topological polar surface area (TPSA) is 29.1 Å². The van der Waals surface area contributed by atoms with Crippen molar-refractivity contribution < 1.29 is 9.18 Å². The third-order valence-corrected chi connectivity index (χ3v) is 4.25. The zero-order valence-electron chi connectivity index (χ0n) is 10.3. The average Bonchev–Trinajstić information content (AvgIpc) is 2.94. The molecule has 0 bridgehead atoms. The van der Waals surface area contributed by atoms with Crippen LogP contribution in [-0.4, -0.2) is 18.2 Å². The standard InChI is InChI=1S/C14H14FNOS2/c15-12-2-4-13(5-3-12)19-8-1-7-16-14(17)11-6-9-18-10-11/h2-6,9-10H,1,7-8H2,(H,16,17). The lowest BCUT2D eigenvalue weighted by atomic mass is 10.3. The van der Waals surface area contributed by atoms with Crippen molar-refractivity contribution in [2.45, 2.75) is 11.3 Å². The number of thioether (sulfide) groups is 1. The Morgan fingerprint density at radius 3 is 2.74 bits per heavy atom. The van der Waals surface area contributed by atoms with Crippen molar-refractivity contribution in [2.24, 2.45) is 0 Å². The number of thiophene rings is 1. The summed E-state index contributed by atoms with van der Waals surface area (Å²) in [6, 6.07) is 8.27. The predicted molar refractivity (Wildman–Crippen MR) is 78.4 cm³/mol. The average molecular weight is 295 g/mol. The van der Waals surface area contributed by atoms with Gasteiger partial charge >= 0.3 is 0 Å². The molecular formula is C14H14FNOS2. The van der Waals surface area contributed by atoms with Crippen molar-refractivity contribution in [3.63, 3.8) is 0 Å². The van der Waals surface area contributed by atoms with E-state index in [2.05, 4.69) is 5.32 Å². The summed E-state index contributed by atoms with van der Waals surface area (Å²) in [6.07, 6.45) is 0.887. The molecule has 5 heteroatoms. The first-order chi connectivity index (χ1) is 9.25. The number of halogens is 1. The van der Waals surface area contributed by atoms with Crippen molar-refractivity contribution in [1.82, 2.24) is 5.32 Å². The van der Waals surface area contributed by atoms with Gasteiger partial charge in [0.15, 0.2) is 0 Å². The van der Waals surface area contributed by atoms with Crippen LogP contribution in [0.5, 0.6) is 0 Å². The lowest BCUT2D eigenvalue weighted by Crippen LogP contribution is -2.24. The maximum absolute atomic E-state index is 12.7. The Morgan fingerprint density at radius 1 is 1.26 bits per heavy atom. The minimum absolute atomic E-state index is 0.0203. The van der Waals surface area contributed by atoms with Crippen LogP contribution in [-0.2, 0) is 0 Å². The van der Waals surface area contributed by atoms with Gasteiger partial charge in [-0.3, -0.25) is 4.79 Å². The number of amides is 1. The van der Waals surface area contributed by atoms with Crippen molar-refractivity contribution in [3.8, 4) is 0 Å².